The summed E-state index contributed by atoms with van der Waals surface area (Å²) in [6, 6.07) is 6.07. The first kappa shape index (κ1) is 39.5. The molecule has 246 valence electrons. The normalized spacial score (nSPS) is 19.7. The molecule has 2 aliphatic heterocycles. The monoisotopic (exact) mass is 645 g/mol. The average molecular weight is 645 g/mol. The molecule has 0 bridgehead atoms. The molecule has 0 aromatic carbocycles. The molecule has 0 radical (unpaired) electrons. The smallest absolute Gasteiger partial charge is 0.475 e. The highest BCUT2D eigenvalue weighted by Crippen LogP contribution is 2.23. The lowest BCUT2D eigenvalue weighted by Gasteiger charge is -2.43. The van der Waals surface area contributed by atoms with Crippen molar-refractivity contribution in [3.63, 3.8) is 0 Å². The Labute approximate surface area is 238 Å². The maximum absolute atomic E-state index is 10.6. The third-order valence-corrected chi connectivity index (χ3v) is 4.98. The number of alkyl halides is 9. The standard InChI is InChI=1S/C17H25N3O2.3C2HF3O2/c1-2-7-19-8-10-21-15-17(13-19)14-20(9-11-22-17)12-16-5-3-4-6-18-16;3*3-2(4,5)1(6)7/h2-6H,1,7-15H2;3*(H,6,7). The van der Waals surface area contributed by atoms with Crippen LogP contribution in [-0.4, -0.2) is 125 Å². The van der Waals surface area contributed by atoms with Gasteiger partial charge in [-0.05, 0) is 12.1 Å². The van der Waals surface area contributed by atoms with Crippen molar-refractivity contribution in [2.75, 3.05) is 52.5 Å². The van der Waals surface area contributed by atoms with Crippen LogP contribution in [0.15, 0.2) is 37.1 Å². The fraction of sp³-hybridized carbons (Fsp3) is 0.565. The molecule has 3 heterocycles. The number of carbonyl (C=O) groups is 3. The van der Waals surface area contributed by atoms with Gasteiger partial charge in [-0.25, -0.2) is 14.4 Å². The topological polar surface area (TPSA) is 150 Å². The molecule has 11 nitrogen and oxygen atoms in total. The van der Waals surface area contributed by atoms with Gasteiger partial charge in [0.1, 0.15) is 5.60 Å². The Morgan fingerprint density at radius 3 is 1.74 bits per heavy atom. The van der Waals surface area contributed by atoms with Gasteiger partial charge in [-0.15, -0.1) is 6.58 Å². The maximum Gasteiger partial charge on any atom is 0.490 e. The summed E-state index contributed by atoms with van der Waals surface area (Å²) < 4.78 is 107. The van der Waals surface area contributed by atoms with Crippen LogP contribution in [-0.2, 0) is 30.4 Å². The first-order valence-electron chi connectivity index (χ1n) is 11.7. The van der Waals surface area contributed by atoms with E-state index in [-0.39, 0.29) is 5.60 Å². The molecular weight excluding hydrogens is 617 g/mol. The Bertz CT molecular complexity index is 967. The number of nitrogens with zero attached hydrogens (tertiary/aromatic N) is 3. The third kappa shape index (κ3) is 17.3. The van der Waals surface area contributed by atoms with Gasteiger partial charge >= 0.3 is 36.4 Å². The molecular formula is C23H28F9N3O8. The predicted octanol–water partition coefficient (Wildman–Crippen LogP) is 3.07. The molecule has 0 saturated carbocycles. The fourth-order valence-corrected chi connectivity index (χ4v) is 3.28. The van der Waals surface area contributed by atoms with E-state index < -0.39 is 36.4 Å². The van der Waals surface area contributed by atoms with E-state index in [0.29, 0.717) is 6.61 Å². The van der Waals surface area contributed by atoms with Crippen LogP contribution in [0.5, 0.6) is 0 Å². The van der Waals surface area contributed by atoms with E-state index in [1.807, 2.05) is 24.4 Å². The van der Waals surface area contributed by atoms with E-state index in [1.54, 1.807) is 0 Å². The van der Waals surface area contributed by atoms with Gasteiger partial charge in [0, 0.05) is 45.5 Å². The van der Waals surface area contributed by atoms with E-state index in [1.165, 1.54) is 0 Å². The molecule has 1 aromatic heterocycles. The Kier molecular flexibility index (Phi) is 16.2. The van der Waals surface area contributed by atoms with Crippen molar-refractivity contribution in [3.05, 3.63) is 42.7 Å². The second-order valence-corrected chi connectivity index (χ2v) is 8.55. The van der Waals surface area contributed by atoms with Gasteiger partial charge < -0.3 is 24.8 Å². The Balaban J connectivity index is 0.000000690. The number of rotatable bonds is 4. The summed E-state index contributed by atoms with van der Waals surface area (Å²) in [6.45, 7) is 11.4. The number of carboxylic acids is 3. The number of ether oxygens (including phenoxy) is 2. The first-order valence-corrected chi connectivity index (χ1v) is 11.7. The van der Waals surface area contributed by atoms with Crippen molar-refractivity contribution < 1.29 is 78.7 Å². The average Bonchev–Trinajstić information content (AvgIpc) is 3.06. The van der Waals surface area contributed by atoms with Crippen LogP contribution in [0, 0.1) is 0 Å². The minimum Gasteiger partial charge on any atom is -0.475 e. The summed E-state index contributed by atoms with van der Waals surface area (Å²) in [5, 5.41) is 21.4. The third-order valence-electron chi connectivity index (χ3n) is 4.98. The Morgan fingerprint density at radius 1 is 0.860 bits per heavy atom. The number of pyridine rings is 1. The highest BCUT2D eigenvalue weighted by Gasteiger charge is 2.41. The minimum absolute atomic E-state index is 0.230. The van der Waals surface area contributed by atoms with Crippen LogP contribution in [0.25, 0.3) is 0 Å². The molecule has 2 saturated heterocycles. The maximum atomic E-state index is 10.6. The zero-order valence-electron chi connectivity index (χ0n) is 22.1. The van der Waals surface area contributed by atoms with Gasteiger partial charge in [0.25, 0.3) is 0 Å². The van der Waals surface area contributed by atoms with Crippen LogP contribution in [0.4, 0.5) is 39.5 Å². The number of aliphatic carboxylic acids is 3. The number of carboxylic acid groups (broad SMARTS) is 3. The molecule has 1 atom stereocenters. The van der Waals surface area contributed by atoms with Crippen LogP contribution in [0.3, 0.4) is 0 Å². The molecule has 2 fully saturated rings. The molecule has 20 heteroatoms. The Morgan fingerprint density at radius 2 is 1.33 bits per heavy atom. The van der Waals surface area contributed by atoms with Gasteiger partial charge in [0.05, 0.1) is 25.5 Å². The molecule has 3 rings (SSSR count). The summed E-state index contributed by atoms with van der Waals surface area (Å²) in [5.74, 6) is -8.27. The molecule has 1 aromatic rings. The molecule has 2 aliphatic rings. The van der Waals surface area contributed by atoms with E-state index in [4.69, 9.17) is 39.2 Å². The zero-order valence-corrected chi connectivity index (χ0v) is 22.1. The number of hydrogen-bond donors (Lipinski definition) is 3. The van der Waals surface area contributed by atoms with Crippen molar-refractivity contribution in [2.24, 2.45) is 0 Å². The van der Waals surface area contributed by atoms with E-state index in [2.05, 4.69) is 27.4 Å². The van der Waals surface area contributed by atoms with E-state index in [0.717, 1.165) is 58.2 Å². The summed E-state index contributed by atoms with van der Waals surface area (Å²) in [7, 11) is 0. The number of hydrogen-bond acceptors (Lipinski definition) is 8. The van der Waals surface area contributed by atoms with Gasteiger partial charge in [-0.2, -0.15) is 39.5 Å². The summed E-state index contributed by atoms with van der Waals surface area (Å²) >= 11 is 0. The van der Waals surface area contributed by atoms with Crippen molar-refractivity contribution in [2.45, 2.75) is 30.7 Å². The number of aromatic nitrogens is 1. The van der Waals surface area contributed by atoms with Crippen LogP contribution < -0.4 is 0 Å². The zero-order chi connectivity index (χ0) is 33.5. The van der Waals surface area contributed by atoms with Crippen LogP contribution in [0.2, 0.25) is 0 Å². The quantitative estimate of drug-likeness (QED) is 0.328. The number of halogens is 9. The molecule has 1 spiro atoms. The molecule has 3 N–H and O–H groups in total. The summed E-state index contributed by atoms with van der Waals surface area (Å²) in [6.07, 6.45) is -11.4. The van der Waals surface area contributed by atoms with Crippen molar-refractivity contribution in [1.82, 2.24) is 14.8 Å². The van der Waals surface area contributed by atoms with Gasteiger partial charge in [0.2, 0.25) is 0 Å². The predicted molar refractivity (Wildman–Crippen MR) is 127 cm³/mol. The van der Waals surface area contributed by atoms with E-state index in [9.17, 15) is 39.5 Å². The van der Waals surface area contributed by atoms with Gasteiger partial charge in [-0.1, -0.05) is 12.1 Å². The van der Waals surface area contributed by atoms with Crippen molar-refractivity contribution >= 4 is 17.9 Å². The second-order valence-electron chi connectivity index (χ2n) is 8.55. The summed E-state index contributed by atoms with van der Waals surface area (Å²) in [4.78, 5) is 35.9. The SMILES string of the molecule is C=CCN1CCOCC2(C1)CN(Cc1ccccn1)CCO2.O=C(O)C(F)(F)F.O=C(O)C(F)(F)F.O=C(O)C(F)(F)F. The van der Waals surface area contributed by atoms with Crippen molar-refractivity contribution in [3.8, 4) is 0 Å². The molecule has 0 amide bonds. The lowest BCUT2D eigenvalue weighted by molar-refractivity contribution is -0.193. The molecule has 43 heavy (non-hydrogen) atoms. The highest BCUT2D eigenvalue weighted by atomic mass is 19.4. The lowest BCUT2D eigenvalue weighted by Crippen LogP contribution is -2.58. The first-order chi connectivity index (χ1) is 19.6. The molecule has 1 unspecified atom stereocenters. The lowest BCUT2D eigenvalue weighted by atomic mass is 10.0. The number of morpholine rings is 1. The second kappa shape index (κ2) is 17.6. The summed E-state index contributed by atoms with van der Waals surface area (Å²) in [5.41, 5.74) is 0.879. The molecule has 0 aliphatic carbocycles. The minimum atomic E-state index is -5.08. The van der Waals surface area contributed by atoms with Crippen molar-refractivity contribution in [1.29, 1.82) is 0 Å². The Hall–Kier alpha value is -3.49. The van der Waals surface area contributed by atoms with Crippen LogP contribution >= 0.6 is 0 Å². The van der Waals surface area contributed by atoms with Gasteiger partial charge in [0.15, 0.2) is 0 Å². The highest BCUT2D eigenvalue weighted by molar-refractivity contribution is 5.73. The van der Waals surface area contributed by atoms with E-state index >= 15 is 0 Å². The van der Waals surface area contributed by atoms with Crippen LogP contribution in [0.1, 0.15) is 5.69 Å². The van der Waals surface area contributed by atoms with Gasteiger partial charge in [-0.3, -0.25) is 14.8 Å². The largest absolute Gasteiger partial charge is 0.490 e. The fourth-order valence-electron chi connectivity index (χ4n) is 3.28.